The van der Waals surface area contributed by atoms with Crippen molar-refractivity contribution in [3.05, 3.63) is 22.8 Å². The van der Waals surface area contributed by atoms with Gasteiger partial charge in [-0.3, -0.25) is 0 Å². The molecular formula is C14H17N5OS. The van der Waals surface area contributed by atoms with Gasteiger partial charge in [-0.1, -0.05) is 5.16 Å². The average molecular weight is 303 g/mol. The van der Waals surface area contributed by atoms with Crippen LogP contribution in [0, 0.1) is 11.3 Å². The van der Waals surface area contributed by atoms with Gasteiger partial charge >= 0.3 is 0 Å². The van der Waals surface area contributed by atoms with Crippen molar-refractivity contribution in [2.75, 3.05) is 33.7 Å². The zero-order valence-electron chi connectivity index (χ0n) is 12.1. The molecule has 1 aliphatic heterocycles. The molecular weight excluding hydrogens is 286 g/mol. The lowest BCUT2D eigenvalue weighted by molar-refractivity contribution is 0.113. The summed E-state index contributed by atoms with van der Waals surface area (Å²) < 4.78 is 5.32. The molecule has 7 heteroatoms. The van der Waals surface area contributed by atoms with Crippen LogP contribution in [0.4, 0.5) is 0 Å². The average Bonchev–Trinajstić information content (AvgIpc) is 3.10. The van der Waals surface area contributed by atoms with Gasteiger partial charge in [0.15, 0.2) is 5.82 Å². The molecule has 1 atom stereocenters. The van der Waals surface area contributed by atoms with E-state index in [1.165, 1.54) is 11.3 Å². The first kappa shape index (κ1) is 14.2. The van der Waals surface area contributed by atoms with Crippen LogP contribution in [0.5, 0.6) is 0 Å². The van der Waals surface area contributed by atoms with Crippen molar-refractivity contribution in [1.29, 1.82) is 5.26 Å². The Morgan fingerprint density at radius 1 is 1.48 bits per heavy atom. The van der Waals surface area contributed by atoms with Gasteiger partial charge in [0.05, 0.1) is 5.56 Å². The number of nitriles is 1. The second kappa shape index (κ2) is 5.93. The maximum Gasteiger partial charge on any atom is 0.269 e. The van der Waals surface area contributed by atoms with Crippen molar-refractivity contribution in [3.63, 3.8) is 0 Å². The highest BCUT2D eigenvalue weighted by Gasteiger charge is 2.24. The summed E-state index contributed by atoms with van der Waals surface area (Å²) in [5.41, 5.74) is 0.588. The Bertz CT molecular complexity index is 658. The summed E-state index contributed by atoms with van der Waals surface area (Å²) in [5, 5.41) is 15.0. The summed E-state index contributed by atoms with van der Waals surface area (Å²) in [6.45, 7) is 3.14. The van der Waals surface area contributed by atoms with E-state index < -0.39 is 0 Å². The Labute approximate surface area is 127 Å². The van der Waals surface area contributed by atoms with Crippen LogP contribution in [0.3, 0.4) is 0 Å². The van der Waals surface area contributed by atoms with E-state index in [-0.39, 0.29) is 0 Å². The third kappa shape index (κ3) is 2.97. The van der Waals surface area contributed by atoms with E-state index in [2.05, 4.69) is 40.1 Å². The van der Waals surface area contributed by atoms with Crippen molar-refractivity contribution in [2.45, 2.75) is 12.5 Å². The summed E-state index contributed by atoms with van der Waals surface area (Å²) in [7, 11) is 4.26. The van der Waals surface area contributed by atoms with E-state index >= 15 is 0 Å². The molecule has 0 N–H and O–H groups in total. The topological polar surface area (TPSA) is 69.2 Å². The van der Waals surface area contributed by atoms with Crippen molar-refractivity contribution in [1.82, 2.24) is 19.9 Å². The lowest BCUT2D eigenvalue weighted by Crippen LogP contribution is -2.50. The molecule has 0 bridgehead atoms. The molecule has 0 spiro atoms. The summed E-state index contributed by atoms with van der Waals surface area (Å²) in [6, 6.07) is 4.31. The Balaban J connectivity index is 1.75. The van der Waals surface area contributed by atoms with Gasteiger partial charge in [0.1, 0.15) is 10.9 Å². The summed E-state index contributed by atoms with van der Waals surface area (Å²) in [6.07, 6.45) is 0.762. The number of thiophene rings is 1. The second-order valence-electron chi connectivity index (χ2n) is 5.39. The van der Waals surface area contributed by atoms with Crippen LogP contribution in [0.1, 0.15) is 11.4 Å². The molecule has 6 nitrogen and oxygen atoms in total. The number of piperazine rings is 1. The molecule has 1 saturated heterocycles. The Morgan fingerprint density at radius 2 is 2.33 bits per heavy atom. The van der Waals surface area contributed by atoms with Crippen molar-refractivity contribution in [3.8, 4) is 16.8 Å². The van der Waals surface area contributed by atoms with Gasteiger partial charge in [0.2, 0.25) is 0 Å². The highest BCUT2D eigenvalue weighted by molar-refractivity contribution is 7.13. The molecule has 3 heterocycles. The molecule has 3 rings (SSSR count). The quantitative estimate of drug-likeness (QED) is 0.855. The van der Waals surface area contributed by atoms with E-state index in [1.807, 2.05) is 5.38 Å². The Kier molecular flexibility index (Phi) is 4.01. The van der Waals surface area contributed by atoms with Gasteiger partial charge in [0, 0.05) is 32.1 Å². The molecule has 2 aromatic rings. The molecule has 110 valence electrons. The molecule has 2 aromatic heterocycles. The maximum absolute atomic E-state index is 9.06. The van der Waals surface area contributed by atoms with Crippen LogP contribution in [0.15, 0.2) is 16.0 Å². The fourth-order valence-electron chi connectivity index (χ4n) is 2.52. The fourth-order valence-corrected chi connectivity index (χ4v) is 3.29. The van der Waals surface area contributed by atoms with Crippen LogP contribution in [0.25, 0.3) is 10.8 Å². The Morgan fingerprint density at radius 3 is 3.14 bits per heavy atom. The molecule has 0 aromatic carbocycles. The molecule has 21 heavy (non-hydrogen) atoms. The lowest BCUT2D eigenvalue weighted by Gasteiger charge is -2.37. The zero-order chi connectivity index (χ0) is 14.8. The molecule has 1 fully saturated rings. The largest absolute Gasteiger partial charge is 0.333 e. The first-order chi connectivity index (χ1) is 10.2. The third-order valence-electron chi connectivity index (χ3n) is 3.85. The maximum atomic E-state index is 9.06. The zero-order valence-corrected chi connectivity index (χ0v) is 12.9. The van der Waals surface area contributed by atoms with E-state index in [1.54, 1.807) is 6.07 Å². The number of hydrogen-bond acceptors (Lipinski definition) is 7. The summed E-state index contributed by atoms with van der Waals surface area (Å²) >= 11 is 1.45. The minimum atomic E-state index is 0.396. The predicted molar refractivity (Wildman–Crippen MR) is 79.9 cm³/mol. The van der Waals surface area contributed by atoms with Gasteiger partial charge < -0.3 is 14.3 Å². The Hall–Kier alpha value is -1.75. The van der Waals surface area contributed by atoms with Crippen LogP contribution in [0.2, 0.25) is 0 Å². The molecule has 0 amide bonds. The number of rotatable bonds is 3. The van der Waals surface area contributed by atoms with Crippen LogP contribution >= 0.6 is 11.3 Å². The first-order valence-corrected chi connectivity index (χ1v) is 7.74. The number of aromatic nitrogens is 2. The summed E-state index contributed by atoms with van der Waals surface area (Å²) in [5.74, 6) is 1.15. The predicted octanol–water partition coefficient (Wildman–Crippen LogP) is 1.46. The SMILES string of the molecule is CN1CCN(C)C(Cc2noc(-c3sccc3C#N)n2)C1. The minimum absolute atomic E-state index is 0.396. The van der Waals surface area contributed by atoms with Crippen molar-refractivity contribution < 1.29 is 4.52 Å². The lowest BCUT2D eigenvalue weighted by atomic mass is 10.1. The van der Waals surface area contributed by atoms with Crippen LogP contribution in [-0.4, -0.2) is 59.7 Å². The number of likely N-dealkylation sites (N-methyl/N-ethyl adjacent to an activating group) is 2. The molecule has 1 unspecified atom stereocenters. The molecule has 0 saturated carbocycles. The first-order valence-electron chi connectivity index (χ1n) is 6.86. The van der Waals surface area contributed by atoms with Gasteiger partial charge in [-0.05, 0) is 25.5 Å². The highest BCUT2D eigenvalue weighted by atomic mass is 32.1. The van der Waals surface area contributed by atoms with Gasteiger partial charge in [-0.25, -0.2) is 0 Å². The number of nitrogens with zero attached hydrogens (tertiary/aromatic N) is 5. The van der Waals surface area contributed by atoms with E-state index in [0.29, 0.717) is 23.3 Å². The fraction of sp³-hybridized carbons (Fsp3) is 0.500. The smallest absolute Gasteiger partial charge is 0.269 e. The van der Waals surface area contributed by atoms with Crippen LogP contribution in [-0.2, 0) is 6.42 Å². The monoisotopic (exact) mass is 303 g/mol. The van der Waals surface area contributed by atoms with Crippen molar-refractivity contribution in [2.24, 2.45) is 0 Å². The van der Waals surface area contributed by atoms with Crippen molar-refractivity contribution >= 4 is 11.3 Å². The number of hydrogen-bond donors (Lipinski definition) is 0. The normalized spacial score (nSPS) is 20.5. The van der Waals surface area contributed by atoms with Gasteiger partial charge in [-0.2, -0.15) is 10.2 Å². The van der Waals surface area contributed by atoms with Gasteiger partial charge in [0.25, 0.3) is 5.89 Å². The summed E-state index contributed by atoms with van der Waals surface area (Å²) in [4.78, 5) is 9.86. The second-order valence-corrected chi connectivity index (χ2v) is 6.31. The standard InChI is InChI=1S/C14H17N5OS/c1-18-4-5-19(2)11(9-18)7-12-16-14(20-17-12)13-10(8-15)3-6-21-13/h3,6,11H,4-5,7,9H2,1-2H3. The van der Waals surface area contributed by atoms with E-state index in [9.17, 15) is 0 Å². The van der Waals surface area contributed by atoms with Crippen LogP contribution < -0.4 is 0 Å². The minimum Gasteiger partial charge on any atom is -0.333 e. The molecule has 0 aliphatic carbocycles. The highest BCUT2D eigenvalue weighted by Crippen LogP contribution is 2.27. The van der Waals surface area contributed by atoms with Gasteiger partial charge in [-0.15, -0.1) is 11.3 Å². The molecule has 0 radical (unpaired) electrons. The van der Waals surface area contributed by atoms with E-state index in [0.717, 1.165) is 30.9 Å². The third-order valence-corrected chi connectivity index (χ3v) is 4.75. The molecule has 1 aliphatic rings. The van der Waals surface area contributed by atoms with E-state index in [4.69, 9.17) is 9.78 Å².